The number of nitrogens with one attached hydrogen (secondary N) is 3. The summed E-state index contributed by atoms with van der Waals surface area (Å²) in [4.78, 5) is 3.58. The molecule has 0 fully saturated rings. The number of ether oxygens (including phenoxy) is 1. The maximum Gasteiger partial charge on any atom is 0.171 e. The van der Waals surface area contributed by atoms with Crippen LogP contribution < -0.4 is 15.4 Å². The van der Waals surface area contributed by atoms with E-state index in [2.05, 4.69) is 33.8 Å². The topological polar surface area (TPSA) is 49.1 Å². The maximum atomic E-state index is 5.42. The van der Waals surface area contributed by atoms with E-state index in [9.17, 15) is 0 Å². The fraction of sp³-hybridized carbons (Fsp3) is 0.286. The summed E-state index contributed by atoms with van der Waals surface area (Å²) in [5.74, 6) is 0.806. The first-order chi connectivity index (χ1) is 12.7. The van der Waals surface area contributed by atoms with Crippen molar-refractivity contribution in [1.29, 1.82) is 0 Å². The SMILES string of the molecule is COc1cccc(NC(=S)NCc2ccc3[nH]c4c(c3c2)CCCC4)c1. The van der Waals surface area contributed by atoms with Crippen molar-refractivity contribution in [3.63, 3.8) is 0 Å². The zero-order chi connectivity index (χ0) is 17.9. The lowest BCUT2D eigenvalue weighted by Crippen LogP contribution is -2.27. The molecule has 0 amide bonds. The molecule has 1 aromatic heterocycles. The summed E-state index contributed by atoms with van der Waals surface area (Å²) in [6.07, 6.45) is 4.93. The van der Waals surface area contributed by atoms with Crippen molar-refractivity contribution in [2.75, 3.05) is 12.4 Å². The summed E-state index contributed by atoms with van der Waals surface area (Å²) in [5.41, 5.74) is 6.33. The Morgan fingerprint density at radius 1 is 1.15 bits per heavy atom. The van der Waals surface area contributed by atoms with Gasteiger partial charge in [-0.3, -0.25) is 0 Å². The summed E-state index contributed by atoms with van der Waals surface area (Å²) in [5, 5.41) is 8.47. The monoisotopic (exact) mass is 365 g/mol. The molecule has 26 heavy (non-hydrogen) atoms. The third-order valence-corrected chi connectivity index (χ3v) is 5.19. The number of fused-ring (bicyclic) bond motifs is 3. The zero-order valence-corrected chi connectivity index (χ0v) is 15.7. The molecule has 4 rings (SSSR count). The van der Waals surface area contributed by atoms with Gasteiger partial charge >= 0.3 is 0 Å². The highest BCUT2D eigenvalue weighted by molar-refractivity contribution is 7.80. The Balaban J connectivity index is 1.43. The Morgan fingerprint density at radius 2 is 2.04 bits per heavy atom. The fourth-order valence-electron chi connectivity index (χ4n) is 3.62. The van der Waals surface area contributed by atoms with E-state index in [1.807, 2.05) is 24.3 Å². The molecule has 1 aliphatic carbocycles. The highest BCUT2D eigenvalue weighted by Crippen LogP contribution is 2.29. The van der Waals surface area contributed by atoms with E-state index >= 15 is 0 Å². The number of thiocarbonyl (C=S) groups is 1. The number of anilines is 1. The molecule has 0 unspecified atom stereocenters. The summed E-state index contributed by atoms with van der Waals surface area (Å²) in [6.45, 7) is 0.700. The lowest BCUT2D eigenvalue weighted by molar-refractivity contribution is 0.415. The van der Waals surface area contributed by atoms with E-state index in [0.717, 1.165) is 11.4 Å². The van der Waals surface area contributed by atoms with Crippen molar-refractivity contribution in [3.8, 4) is 5.75 Å². The zero-order valence-electron chi connectivity index (χ0n) is 14.9. The molecule has 0 spiro atoms. The Labute approximate surface area is 159 Å². The van der Waals surface area contributed by atoms with E-state index in [4.69, 9.17) is 17.0 Å². The van der Waals surface area contributed by atoms with Crippen LogP contribution in [-0.4, -0.2) is 17.2 Å². The molecule has 0 radical (unpaired) electrons. The van der Waals surface area contributed by atoms with Crippen LogP contribution in [0.25, 0.3) is 10.9 Å². The second-order valence-electron chi connectivity index (χ2n) is 6.71. The van der Waals surface area contributed by atoms with Crippen LogP contribution in [0.1, 0.15) is 29.7 Å². The molecule has 0 saturated heterocycles. The largest absolute Gasteiger partial charge is 0.497 e. The Bertz CT molecular complexity index is 948. The molecule has 0 atom stereocenters. The van der Waals surface area contributed by atoms with Gasteiger partial charge in [0.05, 0.1) is 7.11 Å². The molecular weight excluding hydrogens is 342 g/mol. The van der Waals surface area contributed by atoms with E-state index in [0.29, 0.717) is 11.7 Å². The van der Waals surface area contributed by atoms with Gasteiger partial charge in [-0.15, -0.1) is 0 Å². The molecule has 3 aromatic rings. The lowest BCUT2D eigenvalue weighted by atomic mass is 9.95. The fourth-order valence-corrected chi connectivity index (χ4v) is 3.81. The predicted molar refractivity (Wildman–Crippen MR) is 111 cm³/mol. The van der Waals surface area contributed by atoms with Crippen LogP contribution in [0.15, 0.2) is 42.5 Å². The number of aromatic nitrogens is 1. The van der Waals surface area contributed by atoms with Crippen LogP contribution in [0.5, 0.6) is 5.75 Å². The maximum absolute atomic E-state index is 5.42. The minimum absolute atomic E-state index is 0.606. The number of rotatable bonds is 4. The van der Waals surface area contributed by atoms with E-state index in [1.165, 1.54) is 53.4 Å². The molecule has 1 aliphatic rings. The molecule has 4 nitrogen and oxygen atoms in total. The van der Waals surface area contributed by atoms with Crippen molar-refractivity contribution < 1.29 is 4.74 Å². The average Bonchev–Trinajstić information content (AvgIpc) is 3.04. The molecular formula is C21H23N3OS. The molecule has 134 valence electrons. The second kappa shape index (κ2) is 7.38. The van der Waals surface area contributed by atoms with Crippen LogP contribution in [0, 0.1) is 0 Å². The first kappa shape index (κ1) is 16.9. The summed E-state index contributed by atoms with van der Waals surface area (Å²) in [7, 11) is 1.66. The number of hydrogen-bond donors (Lipinski definition) is 3. The van der Waals surface area contributed by atoms with Gasteiger partial charge in [-0.2, -0.15) is 0 Å². The van der Waals surface area contributed by atoms with Crippen molar-refractivity contribution in [2.24, 2.45) is 0 Å². The van der Waals surface area contributed by atoms with Gasteiger partial charge in [0.2, 0.25) is 0 Å². The molecule has 5 heteroatoms. The van der Waals surface area contributed by atoms with Crippen molar-refractivity contribution in [3.05, 3.63) is 59.3 Å². The Hall–Kier alpha value is -2.53. The summed E-state index contributed by atoms with van der Waals surface area (Å²) >= 11 is 5.42. The van der Waals surface area contributed by atoms with Crippen molar-refractivity contribution in [1.82, 2.24) is 10.3 Å². The standard InChI is InChI=1S/C21H23N3OS/c1-25-16-6-4-5-15(12-16)23-21(26)22-13-14-9-10-20-18(11-14)17-7-2-3-8-19(17)24-20/h4-6,9-12,24H,2-3,7-8,13H2,1H3,(H2,22,23,26). The van der Waals surface area contributed by atoms with E-state index < -0.39 is 0 Å². The number of hydrogen-bond acceptors (Lipinski definition) is 2. The third kappa shape index (κ3) is 3.53. The smallest absolute Gasteiger partial charge is 0.171 e. The van der Waals surface area contributed by atoms with Gasteiger partial charge in [-0.05, 0) is 73.3 Å². The van der Waals surface area contributed by atoms with Crippen LogP contribution in [0.4, 0.5) is 5.69 Å². The molecule has 0 aliphatic heterocycles. The summed E-state index contributed by atoms with van der Waals surface area (Å²) < 4.78 is 5.24. The molecule has 1 heterocycles. The predicted octanol–water partition coefficient (Wildman–Crippen LogP) is 4.54. The van der Waals surface area contributed by atoms with Gasteiger partial charge in [0.15, 0.2) is 5.11 Å². The van der Waals surface area contributed by atoms with Crippen molar-refractivity contribution >= 4 is 33.9 Å². The van der Waals surface area contributed by atoms with Gasteiger partial charge < -0.3 is 20.4 Å². The molecule has 0 saturated carbocycles. The molecule has 2 aromatic carbocycles. The first-order valence-electron chi connectivity index (χ1n) is 9.04. The number of aromatic amines is 1. The Kier molecular flexibility index (Phi) is 4.80. The first-order valence-corrected chi connectivity index (χ1v) is 9.45. The number of methoxy groups -OCH3 is 1. The normalized spacial score (nSPS) is 13.3. The highest BCUT2D eigenvalue weighted by atomic mass is 32.1. The second-order valence-corrected chi connectivity index (χ2v) is 7.12. The average molecular weight is 366 g/mol. The third-order valence-electron chi connectivity index (χ3n) is 4.94. The lowest BCUT2D eigenvalue weighted by Gasteiger charge is -2.12. The van der Waals surface area contributed by atoms with Crippen LogP contribution in [-0.2, 0) is 19.4 Å². The van der Waals surface area contributed by atoms with Crippen molar-refractivity contribution in [2.45, 2.75) is 32.2 Å². The van der Waals surface area contributed by atoms with Crippen LogP contribution in [0.3, 0.4) is 0 Å². The number of H-pyrrole nitrogens is 1. The quantitative estimate of drug-likeness (QED) is 0.594. The van der Waals surface area contributed by atoms with Gasteiger partial charge in [0, 0.05) is 34.9 Å². The minimum atomic E-state index is 0.606. The molecule has 0 bridgehead atoms. The number of aryl methyl sites for hydroxylation is 2. The minimum Gasteiger partial charge on any atom is -0.497 e. The van der Waals surface area contributed by atoms with Crippen LogP contribution in [0.2, 0.25) is 0 Å². The summed E-state index contributed by atoms with van der Waals surface area (Å²) in [6, 6.07) is 14.4. The van der Waals surface area contributed by atoms with E-state index in [-0.39, 0.29) is 0 Å². The van der Waals surface area contributed by atoms with Gasteiger partial charge in [0.1, 0.15) is 5.75 Å². The van der Waals surface area contributed by atoms with E-state index in [1.54, 1.807) is 7.11 Å². The van der Waals surface area contributed by atoms with Crippen LogP contribution >= 0.6 is 12.2 Å². The number of benzene rings is 2. The van der Waals surface area contributed by atoms with Gasteiger partial charge in [-0.1, -0.05) is 12.1 Å². The highest BCUT2D eigenvalue weighted by Gasteiger charge is 2.15. The van der Waals surface area contributed by atoms with Gasteiger partial charge in [-0.25, -0.2) is 0 Å². The Morgan fingerprint density at radius 3 is 2.92 bits per heavy atom. The molecule has 3 N–H and O–H groups in total. The van der Waals surface area contributed by atoms with Gasteiger partial charge in [0.25, 0.3) is 0 Å².